The fourth-order valence-corrected chi connectivity index (χ4v) is 1.75. The molecule has 2 unspecified atom stereocenters. The molecule has 14 heavy (non-hydrogen) atoms. The van der Waals surface area contributed by atoms with E-state index < -0.39 is 6.29 Å². The van der Waals surface area contributed by atoms with E-state index in [0.717, 1.165) is 19.4 Å². The Balaban J connectivity index is 2.01. The highest BCUT2D eigenvalue weighted by molar-refractivity contribution is 4.86. The molecule has 1 rings (SSSR count). The van der Waals surface area contributed by atoms with Crippen molar-refractivity contribution in [1.29, 1.82) is 0 Å². The molecule has 2 nitrogen and oxygen atoms in total. The number of ether oxygens (including phenoxy) is 1. The van der Waals surface area contributed by atoms with Crippen molar-refractivity contribution < 1.29 is 9.84 Å². The Morgan fingerprint density at radius 2 is 2.21 bits per heavy atom. The fraction of sp³-hybridized carbons (Fsp3) is 0.833. The van der Waals surface area contributed by atoms with Crippen molar-refractivity contribution in [3.05, 3.63) is 12.2 Å². The summed E-state index contributed by atoms with van der Waals surface area (Å²) in [6.45, 7) is 2.94. The van der Waals surface area contributed by atoms with Gasteiger partial charge < -0.3 is 9.84 Å². The van der Waals surface area contributed by atoms with Gasteiger partial charge in [0.25, 0.3) is 0 Å². The number of hydrogen-bond donors (Lipinski definition) is 1. The van der Waals surface area contributed by atoms with Crippen LogP contribution in [0.2, 0.25) is 0 Å². The molecule has 0 saturated carbocycles. The van der Waals surface area contributed by atoms with Gasteiger partial charge in [0.05, 0.1) is 6.61 Å². The Kier molecular flexibility index (Phi) is 5.88. The van der Waals surface area contributed by atoms with Crippen molar-refractivity contribution in [3.63, 3.8) is 0 Å². The lowest BCUT2D eigenvalue weighted by atomic mass is 10.0. The quantitative estimate of drug-likeness (QED) is 0.525. The van der Waals surface area contributed by atoms with Crippen LogP contribution in [0.5, 0.6) is 0 Å². The van der Waals surface area contributed by atoms with Crippen LogP contribution in [-0.4, -0.2) is 18.0 Å². The molecule has 1 aliphatic rings. The highest BCUT2D eigenvalue weighted by Gasteiger charge is 2.24. The van der Waals surface area contributed by atoms with Gasteiger partial charge in [0.15, 0.2) is 6.29 Å². The van der Waals surface area contributed by atoms with E-state index in [0.29, 0.717) is 5.92 Å². The molecule has 1 heterocycles. The van der Waals surface area contributed by atoms with Gasteiger partial charge in [-0.1, -0.05) is 31.9 Å². The number of aliphatic hydroxyl groups excluding tert-OH is 1. The highest BCUT2D eigenvalue weighted by Crippen LogP contribution is 2.22. The van der Waals surface area contributed by atoms with Crippen molar-refractivity contribution in [2.75, 3.05) is 6.61 Å². The molecule has 0 aliphatic carbocycles. The molecule has 1 aliphatic heterocycles. The maximum absolute atomic E-state index is 9.37. The van der Waals surface area contributed by atoms with E-state index in [1.54, 1.807) is 0 Å². The third kappa shape index (κ3) is 4.25. The van der Waals surface area contributed by atoms with Gasteiger partial charge in [-0.3, -0.25) is 0 Å². The summed E-state index contributed by atoms with van der Waals surface area (Å²) in [7, 11) is 0. The van der Waals surface area contributed by atoms with Gasteiger partial charge in [0.1, 0.15) is 0 Å². The first-order chi connectivity index (χ1) is 6.84. The number of rotatable bonds is 6. The van der Waals surface area contributed by atoms with Gasteiger partial charge in [0.2, 0.25) is 0 Å². The Labute approximate surface area is 87.0 Å². The van der Waals surface area contributed by atoms with Crippen molar-refractivity contribution in [1.82, 2.24) is 0 Å². The number of unbranched alkanes of at least 4 members (excludes halogenated alkanes) is 3. The first kappa shape index (κ1) is 11.7. The molecule has 0 aromatic carbocycles. The minimum atomic E-state index is -0.518. The Bertz CT molecular complexity index is 166. The van der Waals surface area contributed by atoms with Gasteiger partial charge in [-0.05, 0) is 25.7 Å². The molecule has 0 spiro atoms. The van der Waals surface area contributed by atoms with Crippen LogP contribution < -0.4 is 0 Å². The molecule has 2 atom stereocenters. The topological polar surface area (TPSA) is 29.5 Å². The normalized spacial score (nSPS) is 27.6. The summed E-state index contributed by atoms with van der Waals surface area (Å²) < 4.78 is 5.08. The summed E-state index contributed by atoms with van der Waals surface area (Å²) in [5, 5.41) is 9.37. The molecule has 1 fully saturated rings. The lowest BCUT2D eigenvalue weighted by molar-refractivity contribution is -0.0814. The molecule has 0 aromatic rings. The highest BCUT2D eigenvalue weighted by atomic mass is 16.6. The largest absolute Gasteiger partial charge is 0.368 e. The molecule has 2 heteroatoms. The van der Waals surface area contributed by atoms with Crippen LogP contribution in [0.4, 0.5) is 0 Å². The average Bonchev–Trinajstić information content (AvgIpc) is 2.58. The first-order valence-corrected chi connectivity index (χ1v) is 5.79. The maximum atomic E-state index is 9.37. The monoisotopic (exact) mass is 198 g/mol. The minimum absolute atomic E-state index is 0.331. The van der Waals surface area contributed by atoms with E-state index in [1.807, 2.05) is 0 Å². The van der Waals surface area contributed by atoms with E-state index in [1.165, 1.54) is 25.7 Å². The number of hydrogen-bond acceptors (Lipinski definition) is 2. The van der Waals surface area contributed by atoms with Crippen LogP contribution in [0.15, 0.2) is 12.2 Å². The summed E-state index contributed by atoms with van der Waals surface area (Å²) in [6.07, 6.45) is 10.9. The average molecular weight is 198 g/mol. The minimum Gasteiger partial charge on any atom is -0.368 e. The Morgan fingerprint density at radius 3 is 2.86 bits per heavy atom. The standard InChI is InChI=1S/C12H22O2/c1-2-3-4-5-6-7-8-11-9-10-14-12(11)13/h6-7,11-13H,2-5,8-10H2,1H3/b7-6+. The summed E-state index contributed by atoms with van der Waals surface area (Å²) in [6, 6.07) is 0. The van der Waals surface area contributed by atoms with Crippen molar-refractivity contribution in [2.45, 2.75) is 51.7 Å². The number of allylic oxidation sites excluding steroid dienone is 2. The Morgan fingerprint density at radius 1 is 1.36 bits per heavy atom. The predicted molar refractivity (Wildman–Crippen MR) is 58.0 cm³/mol. The molecule has 0 radical (unpaired) electrons. The van der Waals surface area contributed by atoms with Crippen LogP contribution in [0.25, 0.3) is 0 Å². The summed E-state index contributed by atoms with van der Waals surface area (Å²) in [4.78, 5) is 0. The summed E-state index contributed by atoms with van der Waals surface area (Å²) in [5.74, 6) is 0.331. The zero-order valence-corrected chi connectivity index (χ0v) is 9.11. The lowest BCUT2D eigenvalue weighted by Gasteiger charge is -2.09. The molecule has 1 saturated heterocycles. The van der Waals surface area contributed by atoms with Gasteiger partial charge in [-0.2, -0.15) is 0 Å². The zero-order chi connectivity index (χ0) is 10.2. The molecule has 0 aromatic heterocycles. The second-order valence-electron chi connectivity index (χ2n) is 4.01. The maximum Gasteiger partial charge on any atom is 0.157 e. The number of aliphatic hydroxyl groups is 1. The summed E-state index contributed by atoms with van der Waals surface area (Å²) in [5.41, 5.74) is 0. The SMILES string of the molecule is CCCCC/C=C/CC1CCOC1O. The van der Waals surface area contributed by atoms with Crippen LogP contribution >= 0.6 is 0 Å². The molecular weight excluding hydrogens is 176 g/mol. The second-order valence-corrected chi connectivity index (χ2v) is 4.01. The van der Waals surface area contributed by atoms with E-state index in [-0.39, 0.29) is 0 Å². The molecule has 1 N–H and O–H groups in total. The van der Waals surface area contributed by atoms with Crippen LogP contribution in [0.3, 0.4) is 0 Å². The summed E-state index contributed by atoms with van der Waals surface area (Å²) >= 11 is 0. The smallest absolute Gasteiger partial charge is 0.157 e. The van der Waals surface area contributed by atoms with Crippen molar-refractivity contribution >= 4 is 0 Å². The van der Waals surface area contributed by atoms with Crippen molar-refractivity contribution in [3.8, 4) is 0 Å². The fourth-order valence-electron chi connectivity index (χ4n) is 1.75. The van der Waals surface area contributed by atoms with Crippen LogP contribution in [0.1, 0.15) is 45.4 Å². The van der Waals surface area contributed by atoms with E-state index in [4.69, 9.17) is 4.74 Å². The first-order valence-electron chi connectivity index (χ1n) is 5.79. The van der Waals surface area contributed by atoms with E-state index in [2.05, 4.69) is 19.1 Å². The van der Waals surface area contributed by atoms with Gasteiger partial charge in [-0.15, -0.1) is 0 Å². The molecule has 0 bridgehead atoms. The van der Waals surface area contributed by atoms with E-state index >= 15 is 0 Å². The van der Waals surface area contributed by atoms with Crippen molar-refractivity contribution in [2.24, 2.45) is 5.92 Å². The van der Waals surface area contributed by atoms with Gasteiger partial charge >= 0.3 is 0 Å². The third-order valence-corrected chi connectivity index (χ3v) is 2.76. The predicted octanol–water partition coefficient (Wildman–Crippen LogP) is 2.87. The molecule has 0 amide bonds. The molecular formula is C12H22O2. The zero-order valence-electron chi connectivity index (χ0n) is 9.11. The lowest BCUT2D eigenvalue weighted by Crippen LogP contribution is -2.13. The third-order valence-electron chi connectivity index (χ3n) is 2.76. The van der Waals surface area contributed by atoms with E-state index in [9.17, 15) is 5.11 Å². The van der Waals surface area contributed by atoms with Gasteiger partial charge in [-0.25, -0.2) is 0 Å². The van der Waals surface area contributed by atoms with Crippen LogP contribution in [0, 0.1) is 5.92 Å². The molecule has 82 valence electrons. The van der Waals surface area contributed by atoms with Gasteiger partial charge in [0, 0.05) is 5.92 Å². The van der Waals surface area contributed by atoms with Crippen LogP contribution in [-0.2, 0) is 4.74 Å². The second kappa shape index (κ2) is 7.02. The Hall–Kier alpha value is -0.340.